The number of amides is 1. The van der Waals surface area contributed by atoms with Crippen LogP contribution >= 0.6 is 0 Å². The standard InChI is InChI=1S/C44H49N3O6S/c1-31-14-24-39(25-15-31)54(50,51)46-40(26-33-10-6-4-7-11-33)43(49)45-27-34-16-22-38(23-17-34)44-52-41(29-47(3)28-35-12-8-5-9-13-35)32(2)42(53-44)37-20-18-36(30-48)19-21-37/h4-25,32,40-42,44,46,48H,26-30H2,1-3H3,(H,45,49)/t32-,40+,41+,42+,44+/m0/s1. The molecule has 5 aromatic carbocycles. The van der Waals surface area contributed by atoms with E-state index < -0.39 is 28.3 Å². The molecule has 1 aliphatic rings. The number of likely N-dealkylation sites (N-methyl/N-ethyl adjacent to an activating group) is 1. The average Bonchev–Trinajstić information content (AvgIpc) is 3.18. The molecule has 0 spiro atoms. The Morgan fingerprint density at radius 2 is 1.35 bits per heavy atom. The van der Waals surface area contributed by atoms with Gasteiger partial charge in [0.25, 0.3) is 0 Å². The third-order valence-electron chi connectivity index (χ3n) is 9.86. The number of aliphatic hydroxyl groups is 1. The van der Waals surface area contributed by atoms with Gasteiger partial charge in [0.15, 0.2) is 6.29 Å². The van der Waals surface area contributed by atoms with E-state index in [2.05, 4.69) is 41.0 Å². The predicted octanol–water partition coefficient (Wildman–Crippen LogP) is 6.62. The van der Waals surface area contributed by atoms with Crippen molar-refractivity contribution in [2.45, 2.75) is 69.4 Å². The van der Waals surface area contributed by atoms with Crippen molar-refractivity contribution in [2.24, 2.45) is 5.92 Å². The fourth-order valence-corrected chi connectivity index (χ4v) is 7.91. The van der Waals surface area contributed by atoms with Crippen molar-refractivity contribution in [1.29, 1.82) is 0 Å². The predicted molar refractivity (Wildman–Crippen MR) is 209 cm³/mol. The van der Waals surface area contributed by atoms with Crippen LogP contribution in [0.2, 0.25) is 0 Å². The topological polar surface area (TPSA) is 117 Å². The second-order valence-corrected chi connectivity index (χ2v) is 15.9. The minimum atomic E-state index is -3.96. The molecule has 1 amide bonds. The van der Waals surface area contributed by atoms with Crippen molar-refractivity contribution in [3.8, 4) is 0 Å². The van der Waals surface area contributed by atoms with Crippen molar-refractivity contribution >= 4 is 15.9 Å². The highest BCUT2D eigenvalue weighted by Gasteiger charge is 2.39. The molecule has 5 atom stereocenters. The van der Waals surface area contributed by atoms with Gasteiger partial charge in [-0.1, -0.05) is 134 Å². The summed E-state index contributed by atoms with van der Waals surface area (Å²) in [6, 6.07) is 40.8. The highest BCUT2D eigenvalue weighted by molar-refractivity contribution is 7.89. The first-order chi connectivity index (χ1) is 26.1. The number of aryl methyl sites for hydroxylation is 1. The lowest BCUT2D eigenvalue weighted by molar-refractivity contribution is -0.276. The molecule has 0 aromatic heterocycles. The summed E-state index contributed by atoms with van der Waals surface area (Å²) in [5.74, 6) is -0.384. The molecule has 1 aliphatic heterocycles. The Morgan fingerprint density at radius 3 is 1.98 bits per heavy atom. The van der Waals surface area contributed by atoms with Crippen molar-refractivity contribution in [2.75, 3.05) is 13.6 Å². The zero-order chi connectivity index (χ0) is 38.1. The van der Waals surface area contributed by atoms with E-state index >= 15 is 0 Å². The van der Waals surface area contributed by atoms with E-state index in [-0.39, 0.29) is 42.6 Å². The minimum Gasteiger partial charge on any atom is -0.392 e. The highest BCUT2D eigenvalue weighted by atomic mass is 32.2. The van der Waals surface area contributed by atoms with Gasteiger partial charge >= 0.3 is 0 Å². The minimum absolute atomic E-state index is 0.0243. The smallest absolute Gasteiger partial charge is 0.241 e. The molecule has 54 heavy (non-hydrogen) atoms. The Balaban J connectivity index is 1.15. The Bertz CT molecular complexity index is 2040. The normalized spacial score (nSPS) is 19.4. The molecule has 1 fully saturated rings. The summed E-state index contributed by atoms with van der Waals surface area (Å²) in [6.07, 6.45) is -0.814. The van der Waals surface area contributed by atoms with Crippen molar-refractivity contribution in [1.82, 2.24) is 14.9 Å². The van der Waals surface area contributed by atoms with Gasteiger partial charge in [-0.15, -0.1) is 0 Å². The van der Waals surface area contributed by atoms with Gasteiger partial charge in [0.1, 0.15) is 6.04 Å². The maximum Gasteiger partial charge on any atom is 0.241 e. The lowest BCUT2D eigenvalue weighted by Gasteiger charge is -2.42. The molecular formula is C44H49N3O6S. The molecular weight excluding hydrogens is 699 g/mol. The molecule has 0 saturated carbocycles. The third-order valence-corrected chi connectivity index (χ3v) is 11.3. The number of hydrogen-bond acceptors (Lipinski definition) is 7. The van der Waals surface area contributed by atoms with E-state index in [1.54, 1.807) is 12.1 Å². The number of ether oxygens (including phenoxy) is 2. The van der Waals surface area contributed by atoms with Crippen LogP contribution < -0.4 is 10.0 Å². The van der Waals surface area contributed by atoms with E-state index in [0.29, 0.717) is 6.54 Å². The monoisotopic (exact) mass is 747 g/mol. The summed E-state index contributed by atoms with van der Waals surface area (Å²) in [5, 5.41) is 12.6. The van der Waals surface area contributed by atoms with Crippen LogP contribution in [0.15, 0.2) is 138 Å². The molecule has 9 nitrogen and oxygen atoms in total. The van der Waals surface area contributed by atoms with E-state index in [1.807, 2.05) is 104 Å². The molecule has 3 N–H and O–H groups in total. The Labute approximate surface area is 319 Å². The SMILES string of the molecule is Cc1ccc(S(=O)(=O)N[C@H](Cc2ccccc2)C(=O)NCc2ccc([C@@H]3O[C@H](CN(C)Cc4ccccc4)[C@H](C)[C@H](c4ccc(CO)cc4)O3)cc2)cc1. The van der Waals surface area contributed by atoms with Gasteiger partial charge in [0.05, 0.1) is 23.7 Å². The number of rotatable bonds is 15. The highest BCUT2D eigenvalue weighted by Crippen LogP contribution is 2.42. The molecule has 6 rings (SSSR count). The summed E-state index contributed by atoms with van der Waals surface area (Å²) < 4.78 is 42.6. The zero-order valence-corrected chi connectivity index (χ0v) is 31.8. The molecule has 1 saturated heterocycles. The molecule has 0 bridgehead atoms. The second-order valence-electron chi connectivity index (χ2n) is 14.1. The largest absolute Gasteiger partial charge is 0.392 e. The van der Waals surface area contributed by atoms with Gasteiger partial charge in [-0.05, 0) is 60.3 Å². The van der Waals surface area contributed by atoms with Gasteiger partial charge in [0.2, 0.25) is 15.9 Å². The number of carbonyl (C=O) groups excluding carboxylic acids is 1. The van der Waals surface area contributed by atoms with Crippen LogP contribution in [0.25, 0.3) is 0 Å². The first-order valence-corrected chi connectivity index (χ1v) is 19.8. The zero-order valence-electron chi connectivity index (χ0n) is 31.0. The van der Waals surface area contributed by atoms with Crippen LogP contribution in [-0.4, -0.2) is 50.1 Å². The molecule has 0 unspecified atom stereocenters. The van der Waals surface area contributed by atoms with Crippen LogP contribution in [0.4, 0.5) is 0 Å². The summed E-state index contributed by atoms with van der Waals surface area (Å²) in [7, 11) is -1.86. The summed E-state index contributed by atoms with van der Waals surface area (Å²) in [6.45, 7) is 5.70. The summed E-state index contributed by atoms with van der Waals surface area (Å²) >= 11 is 0. The van der Waals surface area contributed by atoms with Gasteiger partial charge < -0.3 is 19.9 Å². The summed E-state index contributed by atoms with van der Waals surface area (Å²) in [4.78, 5) is 16.0. The van der Waals surface area contributed by atoms with E-state index in [0.717, 1.165) is 39.9 Å². The number of benzene rings is 5. The van der Waals surface area contributed by atoms with Crippen LogP contribution in [0.1, 0.15) is 58.3 Å². The van der Waals surface area contributed by atoms with Gasteiger partial charge in [0, 0.05) is 31.1 Å². The van der Waals surface area contributed by atoms with E-state index in [4.69, 9.17) is 9.47 Å². The van der Waals surface area contributed by atoms with Crippen LogP contribution in [0.5, 0.6) is 0 Å². The van der Waals surface area contributed by atoms with Gasteiger partial charge in [-0.3, -0.25) is 9.69 Å². The average molecular weight is 748 g/mol. The van der Waals surface area contributed by atoms with Crippen molar-refractivity contribution in [3.05, 3.63) is 172 Å². The second kappa shape index (κ2) is 18.1. The Morgan fingerprint density at radius 1 is 0.759 bits per heavy atom. The van der Waals surface area contributed by atoms with Crippen LogP contribution in [-0.2, 0) is 50.4 Å². The van der Waals surface area contributed by atoms with Crippen molar-refractivity contribution < 1.29 is 27.8 Å². The first-order valence-electron chi connectivity index (χ1n) is 18.3. The summed E-state index contributed by atoms with van der Waals surface area (Å²) in [5.41, 5.74) is 6.55. The maximum atomic E-state index is 13.6. The van der Waals surface area contributed by atoms with Crippen molar-refractivity contribution in [3.63, 3.8) is 0 Å². The first kappa shape index (κ1) is 39.0. The number of nitrogens with one attached hydrogen (secondary N) is 2. The van der Waals surface area contributed by atoms with E-state index in [9.17, 15) is 18.3 Å². The lowest BCUT2D eigenvalue weighted by atomic mass is 9.90. The molecule has 0 aliphatic carbocycles. The molecule has 5 aromatic rings. The fraction of sp³-hybridized carbons (Fsp3) is 0.295. The number of aliphatic hydroxyl groups excluding tert-OH is 1. The van der Waals surface area contributed by atoms with Crippen LogP contribution in [0, 0.1) is 12.8 Å². The van der Waals surface area contributed by atoms with E-state index in [1.165, 1.54) is 17.7 Å². The van der Waals surface area contributed by atoms with Crippen LogP contribution in [0.3, 0.4) is 0 Å². The Hall–Kier alpha value is -4.68. The number of hydrogen-bond donors (Lipinski definition) is 3. The fourth-order valence-electron chi connectivity index (χ4n) is 6.71. The Kier molecular flexibility index (Phi) is 13.1. The molecule has 0 radical (unpaired) electrons. The quantitative estimate of drug-likeness (QED) is 0.110. The van der Waals surface area contributed by atoms with Gasteiger partial charge in [-0.25, -0.2) is 8.42 Å². The molecule has 282 valence electrons. The third kappa shape index (κ3) is 10.3. The lowest BCUT2D eigenvalue weighted by Crippen LogP contribution is -2.47. The maximum absolute atomic E-state index is 13.6. The number of carbonyl (C=O) groups is 1. The molecule has 10 heteroatoms. The number of sulfonamides is 1. The number of nitrogens with zero attached hydrogens (tertiary/aromatic N) is 1. The van der Waals surface area contributed by atoms with Gasteiger partial charge in [-0.2, -0.15) is 4.72 Å². The molecule has 1 heterocycles.